The summed E-state index contributed by atoms with van der Waals surface area (Å²) in [7, 11) is 0. The van der Waals surface area contributed by atoms with E-state index in [9.17, 15) is 4.79 Å². The summed E-state index contributed by atoms with van der Waals surface area (Å²) in [6.45, 7) is 7.91. The van der Waals surface area contributed by atoms with E-state index in [-0.39, 0.29) is 6.61 Å². The predicted molar refractivity (Wildman–Crippen MR) is 140 cm³/mol. The van der Waals surface area contributed by atoms with Crippen LogP contribution in [0.15, 0.2) is 78.9 Å². The molecule has 0 radical (unpaired) electrons. The van der Waals surface area contributed by atoms with Gasteiger partial charge in [-0.2, -0.15) is 12.6 Å². The molecule has 0 aliphatic carbocycles. The fourth-order valence-corrected chi connectivity index (χ4v) is 3.88. The molecule has 0 spiro atoms. The predicted octanol–water partition coefficient (Wildman–Crippen LogP) is 6.94. The largest absolute Gasteiger partial charge is 0.490 e. The molecule has 4 heteroatoms. The third-order valence-corrected chi connectivity index (χ3v) is 5.81. The van der Waals surface area contributed by atoms with Crippen LogP contribution in [0.5, 0.6) is 5.75 Å². The van der Waals surface area contributed by atoms with Gasteiger partial charge in [0.15, 0.2) is 0 Å². The van der Waals surface area contributed by atoms with Crippen molar-refractivity contribution >= 4 is 18.6 Å². The van der Waals surface area contributed by atoms with Crippen molar-refractivity contribution in [2.24, 2.45) is 0 Å². The second kappa shape index (κ2) is 12.3. The molecule has 0 fully saturated rings. The van der Waals surface area contributed by atoms with E-state index in [2.05, 4.69) is 86.8 Å². The van der Waals surface area contributed by atoms with Gasteiger partial charge in [-0.3, -0.25) is 0 Å². The molecule has 3 aromatic rings. The van der Waals surface area contributed by atoms with Crippen LogP contribution < -0.4 is 4.74 Å². The molecular weight excluding hydrogens is 428 g/mol. The first-order valence-corrected chi connectivity index (χ1v) is 12.0. The van der Waals surface area contributed by atoms with Crippen molar-refractivity contribution in [3.05, 3.63) is 90.0 Å². The lowest BCUT2D eigenvalue weighted by Gasteiger charge is -2.16. The van der Waals surface area contributed by atoms with Gasteiger partial charge in [0.05, 0.1) is 0 Å². The van der Waals surface area contributed by atoms with E-state index < -0.39 is 5.97 Å². The van der Waals surface area contributed by atoms with Gasteiger partial charge in [0.25, 0.3) is 0 Å². The first kappa shape index (κ1) is 24.7. The van der Waals surface area contributed by atoms with Crippen molar-refractivity contribution in [1.82, 2.24) is 0 Å². The lowest BCUT2D eigenvalue weighted by atomic mass is 9.92. The van der Waals surface area contributed by atoms with Crippen molar-refractivity contribution < 1.29 is 14.3 Å². The minimum Gasteiger partial charge on any atom is -0.490 e. The number of benzene rings is 3. The zero-order chi connectivity index (χ0) is 23.6. The molecule has 0 bridgehead atoms. The minimum atomic E-state index is -0.395. The number of thiol groups is 1. The topological polar surface area (TPSA) is 35.5 Å². The van der Waals surface area contributed by atoms with Crippen LogP contribution in [0.4, 0.5) is 0 Å². The molecule has 0 aromatic heterocycles. The van der Waals surface area contributed by atoms with Gasteiger partial charge in [-0.15, -0.1) is 0 Å². The maximum Gasteiger partial charge on any atom is 0.333 e. The molecule has 33 heavy (non-hydrogen) atoms. The summed E-state index contributed by atoms with van der Waals surface area (Å²) in [5.74, 6) is 1.25. The van der Waals surface area contributed by atoms with Crippen LogP contribution in [-0.2, 0) is 22.4 Å². The van der Waals surface area contributed by atoms with Crippen LogP contribution in [0, 0.1) is 0 Å². The summed E-state index contributed by atoms with van der Waals surface area (Å²) < 4.78 is 11.2. The molecule has 0 saturated carbocycles. The maximum absolute atomic E-state index is 11.6. The Kier molecular flexibility index (Phi) is 9.20. The summed E-state index contributed by atoms with van der Waals surface area (Å²) in [5, 5.41) is 0. The van der Waals surface area contributed by atoms with Gasteiger partial charge < -0.3 is 9.47 Å². The van der Waals surface area contributed by atoms with E-state index in [0.717, 1.165) is 41.9 Å². The van der Waals surface area contributed by atoms with E-state index in [4.69, 9.17) is 9.47 Å². The van der Waals surface area contributed by atoms with Crippen molar-refractivity contribution in [3.63, 3.8) is 0 Å². The quantitative estimate of drug-likeness (QED) is 0.146. The van der Waals surface area contributed by atoms with Crippen molar-refractivity contribution in [3.8, 4) is 28.0 Å². The highest BCUT2D eigenvalue weighted by atomic mass is 32.1. The molecule has 3 rings (SSSR count). The normalized spacial score (nSPS) is 10.6. The number of hydrogen-bond acceptors (Lipinski definition) is 4. The highest BCUT2D eigenvalue weighted by molar-refractivity contribution is 7.80. The molecule has 0 aliphatic heterocycles. The van der Waals surface area contributed by atoms with Crippen LogP contribution in [0.25, 0.3) is 22.3 Å². The molecule has 0 unspecified atom stereocenters. The van der Waals surface area contributed by atoms with Crippen molar-refractivity contribution in [2.45, 2.75) is 33.1 Å². The molecule has 0 atom stereocenters. The Balaban J connectivity index is 1.85. The Labute approximate surface area is 202 Å². The first-order chi connectivity index (χ1) is 16.0. The summed E-state index contributed by atoms with van der Waals surface area (Å²) >= 11 is 4.35. The van der Waals surface area contributed by atoms with E-state index >= 15 is 0 Å². The van der Waals surface area contributed by atoms with Crippen LogP contribution in [-0.4, -0.2) is 24.9 Å². The Morgan fingerprint density at radius 3 is 2.36 bits per heavy atom. The standard InChI is InChI=1S/C29H32O3S/c1-4-22-19-25(23-9-6-5-7-10-23)14-15-27(22)26-13-12-24(11-8-18-33)28(20-26)31-16-17-32-29(30)21(2)3/h5-7,9-10,12-15,19-20,33H,2,4,8,11,16-18H2,1,3H3. The second-order valence-corrected chi connectivity index (χ2v) is 8.45. The molecule has 0 aliphatic rings. The smallest absolute Gasteiger partial charge is 0.333 e. The summed E-state index contributed by atoms with van der Waals surface area (Å²) in [6.07, 6.45) is 2.79. The number of hydrogen-bond donors (Lipinski definition) is 1. The Bertz CT molecular complexity index is 1090. The van der Waals surface area contributed by atoms with Crippen LogP contribution in [0.1, 0.15) is 31.4 Å². The monoisotopic (exact) mass is 460 g/mol. The van der Waals surface area contributed by atoms with Crippen molar-refractivity contribution in [2.75, 3.05) is 19.0 Å². The van der Waals surface area contributed by atoms with Gasteiger partial charge in [0, 0.05) is 5.57 Å². The highest BCUT2D eigenvalue weighted by Crippen LogP contribution is 2.33. The summed E-state index contributed by atoms with van der Waals surface area (Å²) in [6, 6.07) is 23.5. The van der Waals surface area contributed by atoms with E-state index in [1.807, 2.05) is 6.07 Å². The number of carbonyl (C=O) groups excluding carboxylic acids is 1. The molecule has 0 heterocycles. The first-order valence-electron chi connectivity index (χ1n) is 11.4. The van der Waals surface area contributed by atoms with E-state index in [1.54, 1.807) is 6.92 Å². The van der Waals surface area contributed by atoms with Crippen LogP contribution in [0.2, 0.25) is 0 Å². The molecule has 0 N–H and O–H groups in total. The summed E-state index contributed by atoms with van der Waals surface area (Å²) in [4.78, 5) is 11.6. The molecular formula is C29H32O3S. The number of rotatable bonds is 11. The Hall–Kier alpha value is -2.98. The van der Waals surface area contributed by atoms with Gasteiger partial charge in [0.1, 0.15) is 19.0 Å². The minimum absolute atomic E-state index is 0.188. The van der Waals surface area contributed by atoms with E-state index in [0.29, 0.717) is 12.2 Å². The Morgan fingerprint density at radius 2 is 1.67 bits per heavy atom. The average molecular weight is 461 g/mol. The van der Waals surface area contributed by atoms with Crippen LogP contribution >= 0.6 is 12.6 Å². The third kappa shape index (κ3) is 6.75. The number of esters is 1. The molecule has 3 aromatic carbocycles. The molecule has 0 saturated heterocycles. The molecule has 0 amide bonds. The average Bonchev–Trinajstić information content (AvgIpc) is 2.85. The fraction of sp³-hybridized carbons (Fsp3) is 0.276. The second-order valence-electron chi connectivity index (χ2n) is 8.01. The number of ether oxygens (including phenoxy) is 2. The third-order valence-electron chi connectivity index (χ3n) is 5.50. The SMILES string of the molecule is C=C(C)C(=O)OCCOc1cc(-c2ccc(-c3ccccc3)cc2CC)ccc1CCCS. The van der Waals surface area contributed by atoms with Gasteiger partial charge in [-0.25, -0.2) is 4.79 Å². The fourth-order valence-electron chi connectivity index (χ4n) is 3.72. The molecule has 3 nitrogen and oxygen atoms in total. The number of carbonyl (C=O) groups is 1. The van der Waals surface area contributed by atoms with Crippen molar-refractivity contribution in [1.29, 1.82) is 0 Å². The Morgan fingerprint density at radius 1 is 0.909 bits per heavy atom. The summed E-state index contributed by atoms with van der Waals surface area (Å²) in [5.41, 5.74) is 7.58. The molecule has 172 valence electrons. The highest BCUT2D eigenvalue weighted by Gasteiger charge is 2.11. The van der Waals surface area contributed by atoms with Gasteiger partial charge >= 0.3 is 5.97 Å². The maximum atomic E-state index is 11.6. The van der Waals surface area contributed by atoms with Gasteiger partial charge in [-0.05, 0) is 71.4 Å². The zero-order valence-electron chi connectivity index (χ0n) is 19.5. The van der Waals surface area contributed by atoms with Gasteiger partial charge in [-0.1, -0.05) is 74.2 Å². The number of aryl methyl sites for hydroxylation is 2. The zero-order valence-corrected chi connectivity index (χ0v) is 20.4. The van der Waals surface area contributed by atoms with Gasteiger partial charge in [0.2, 0.25) is 0 Å². The van der Waals surface area contributed by atoms with Crippen LogP contribution in [0.3, 0.4) is 0 Å². The lowest BCUT2D eigenvalue weighted by Crippen LogP contribution is -2.13. The van der Waals surface area contributed by atoms with E-state index in [1.165, 1.54) is 22.3 Å². The lowest BCUT2D eigenvalue weighted by molar-refractivity contribution is -0.139.